The Morgan fingerprint density at radius 3 is 2.56 bits per heavy atom. The molecule has 1 aromatic heterocycles. The summed E-state index contributed by atoms with van der Waals surface area (Å²) in [4.78, 5) is 24.0. The standard InChI is InChI=1S/C24H15ClFN3O2S/c1-31-16-9-7-14(8-10-16)11-20-23(30)29(22(27-20)15-5-3-2-4-6-15)24-28-19-12-17(25)18(26)13-21(19)32-24/h2-13H,1H3. The first kappa shape index (κ1) is 20.4. The second-order valence-electron chi connectivity index (χ2n) is 6.98. The zero-order valence-electron chi connectivity index (χ0n) is 16.8. The minimum atomic E-state index is -0.529. The number of ether oxygens (including phenoxy) is 1. The Bertz CT molecular complexity index is 1360. The fourth-order valence-electron chi connectivity index (χ4n) is 3.34. The largest absolute Gasteiger partial charge is 0.497 e. The predicted molar refractivity (Wildman–Crippen MR) is 126 cm³/mol. The molecule has 3 aromatic carbocycles. The molecule has 0 saturated heterocycles. The van der Waals surface area contributed by atoms with E-state index in [-0.39, 0.29) is 16.6 Å². The monoisotopic (exact) mass is 463 g/mol. The fourth-order valence-corrected chi connectivity index (χ4v) is 4.47. The molecule has 0 bridgehead atoms. The van der Waals surface area contributed by atoms with Crippen molar-refractivity contribution >= 4 is 56.1 Å². The number of aromatic nitrogens is 1. The number of hydrogen-bond donors (Lipinski definition) is 0. The molecule has 5 nitrogen and oxygen atoms in total. The van der Waals surface area contributed by atoms with Crippen molar-refractivity contribution in [2.24, 2.45) is 4.99 Å². The normalized spacial score (nSPS) is 15.0. The highest BCUT2D eigenvalue weighted by molar-refractivity contribution is 7.22. The number of benzene rings is 3. The first-order chi connectivity index (χ1) is 15.5. The van der Waals surface area contributed by atoms with E-state index in [0.717, 1.165) is 16.9 Å². The average molecular weight is 464 g/mol. The number of carbonyl (C=O) groups is 1. The SMILES string of the molecule is COc1ccc(C=C2N=C(c3ccccc3)N(c3nc4cc(Cl)c(F)cc4s3)C2=O)cc1. The molecule has 8 heteroatoms. The molecule has 32 heavy (non-hydrogen) atoms. The minimum Gasteiger partial charge on any atom is -0.497 e. The molecule has 0 unspecified atom stereocenters. The number of hydrogen-bond acceptors (Lipinski definition) is 5. The number of thiazole rings is 1. The van der Waals surface area contributed by atoms with E-state index < -0.39 is 5.82 Å². The highest BCUT2D eigenvalue weighted by Crippen LogP contribution is 2.36. The summed E-state index contributed by atoms with van der Waals surface area (Å²) in [6.07, 6.45) is 1.72. The predicted octanol–water partition coefficient (Wildman–Crippen LogP) is 5.93. The Kier molecular flexibility index (Phi) is 5.20. The van der Waals surface area contributed by atoms with Gasteiger partial charge in [-0.1, -0.05) is 65.4 Å². The van der Waals surface area contributed by atoms with Crippen LogP contribution in [0, 0.1) is 5.82 Å². The summed E-state index contributed by atoms with van der Waals surface area (Å²) < 4.78 is 19.7. The highest BCUT2D eigenvalue weighted by atomic mass is 35.5. The number of aliphatic imine (C=N–C) groups is 1. The Labute approximate surface area is 192 Å². The number of nitrogens with zero attached hydrogens (tertiary/aromatic N) is 3. The molecule has 158 valence electrons. The van der Waals surface area contributed by atoms with Crippen LogP contribution in [0.25, 0.3) is 16.3 Å². The van der Waals surface area contributed by atoms with Gasteiger partial charge in [0.2, 0.25) is 0 Å². The summed E-state index contributed by atoms with van der Waals surface area (Å²) >= 11 is 7.12. The van der Waals surface area contributed by atoms with E-state index in [2.05, 4.69) is 9.98 Å². The maximum atomic E-state index is 13.9. The number of methoxy groups -OCH3 is 1. The van der Waals surface area contributed by atoms with Gasteiger partial charge in [-0.2, -0.15) is 0 Å². The van der Waals surface area contributed by atoms with Crippen molar-refractivity contribution < 1.29 is 13.9 Å². The van der Waals surface area contributed by atoms with Gasteiger partial charge < -0.3 is 4.74 Å². The maximum Gasteiger partial charge on any atom is 0.284 e. The van der Waals surface area contributed by atoms with Crippen LogP contribution in [-0.4, -0.2) is 23.8 Å². The van der Waals surface area contributed by atoms with E-state index in [1.807, 2.05) is 54.6 Å². The lowest BCUT2D eigenvalue weighted by atomic mass is 10.2. The number of anilines is 1. The van der Waals surface area contributed by atoms with Crippen molar-refractivity contribution in [3.05, 3.63) is 94.4 Å². The Hall–Kier alpha value is -3.55. The maximum absolute atomic E-state index is 13.9. The van der Waals surface area contributed by atoms with Gasteiger partial charge in [0.15, 0.2) is 5.13 Å². The third-order valence-corrected chi connectivity index (χ3v) is 6.22. The zero-order chi connectivity index (χ0) is 22.2. The lowest BCUT2D eigenvalue weighted by Crippen LogP contribution is -2.32. The summed E-state index contributed by atoms with van der Waals surface area (Å²) in [5.41, 5.74) is 2.37. The number of fused-ring (bicyclic) bond motifs is 1. The van der Waals surface area contributed by atoms with Crippen molar-refractivity contribution in [2.75, 3.05) is 12.0 Å². The van der Waals surface area contributed by atoms with Gasteiger partial charge in [0.25, 0.3) is 5.91 Å². The van der Waals surface area contributed by atoms with Gasteiger partial charge in [-0.3, -0.25) is 4.79 Å². The summed E-state index contributed by atoms with van der Waals surface area (Å²) in [6.45, 7) is 0. The van der Waals surface area contributed by atoms with Crippen molar-refractivity contribution in [1.82, 2.24) is 4.98 Å². The number of amides is 1. The van der Waals surface area contributed by atoms with Crippen molar-refractivity contribution in [3.8, 4) is 5.75 Å². The average Bonchev–Trinajstić information content (AvgIpc) is 3.35. The molecule has 0 spiro atoms. The fraction of sp³-hybridized carbons (Fsp3) is 0.0417. The van der Waals surface area contributed by atoms with E-state index in [0.29, 0.717) is 21.2 Å². The number of halogens is 2. The van der Waals surface area contributed by atoms with Gasteiger partial charge >= 0.3 is 0 Å². The molecule has 0 atom stereocenters. The molecule has 5 rings (SSSR count). The summed E-state index contributed by atoms with van der Waals surface area (Å²) in [5.74, 6) is 0.339. The third kappa shape index (κ3) is 3.66. The highest BCUT2D eigenvalue weighted by Gasteiger charge is 2.34. The van der Waals surface area contributed by atoms with Crippen LogP contribution >= 0.6 is 22.9 Å². The molecule has 0 N–H and O–H groups in total. The van der Waals surface area contributed by atoms with Gasteiger partial charge in [-0.15, -0.1) is 0 Å². The second-order valence-corrected chi connectivity index (χ2v) is 8.39. The van der Waals surface area contributed by atoms with E-state index in [1.54, 1.807) is 13.2 Å². The van der Waals surface area contributed by atoms with Crippen molar-refractivity contribution in [2.45, 2.75) is 0 Å². The molecule has 0 radical (unpaired) electrons. The number of rotatable bonds is 4. The van der Waals surface area contributed by atoms with Crippen LogP contribution in [0.4, 0.5) is 9.52 Å². The van der Waals surface area contributed by atoms with Crippen molar-refractivity contribution in [3.63, 3.8) is 0 Å². The molecule has 1 aliphatic heterocycles. The topological polar surface area (TPSA) is 54.8 Å². The van der Waals surface area contributed by atoms with Crippen LogP contribution in [-0.2, 0) is 4.79 Å². The van der Waals surface area contributed by atoms with Gasteiger partial charge in [-0.05, 0) is 35.9 Å². The molecule has 0 aliphatic carbocycles. The van der Waals surface area contributed by atoms with E-state index in [1.165, 1.54) is 28.4 Å². The first-order valence-corrected chi connectivity index (χ1v) is 10.8. The smallest absolute Gasteiger partial charge is 0.284 e. The summed E-state index contributed by atoms with van der Waals surface area (Å²) in [6, 6.07) is 19.5. The van der Waals surface area contributed by atoms with Crippen LogP contribution in [0.2, 0.25) is 5.02 Å². The van der Waals surface area contributed by atoms with Crippen LogP contribution in [0.1, 0.15) is 11.1 Å². The number of carbonyl (C=O) groups excluding carboxylic acids is 1. The van der Waals surface area contributed by atoms with Gasteiger partial charge in [0.05, 0.1) is 22.3 Å². The molecule has 1 amide bonds. The summed E-state index contributed by atoms with van der Waals surface area (Å²) in [7, 11) is 1.60. The molecule has 2 heterocycles. The first-order valence-electron chi connectivity index (χ1n) is 9.63. The lowest BCUT2D eigenvalue weighted by Gasteiger charge is -2.14. The zero-order valence-corrected chi connectivity index (χ0v) is 18.3. The molecular formula is C24H15ClFN3O2S. The molecular weight excluding hydrogens is 449 g/mol. The molecule has 0 fully saturated rings. The van der Waals surface area contributed by atoms with Gasteiger partial charge in [-0.25, -0.2) is 19.3 Å². The molecule has 4 aromatic rings. The van der Waals surface area contributed by atoms with E-state index in [4.69, 9.17) is 16.3 Å². The third-order valence-electron chi connectivity index (χ3n) is 4.92. The number of amidine groups is 1. The van der Waals surface area contributed by atoms with Crippen molar-refractivity contribution in [1.29, 1.82) is 0 Å². The quantitative estimate of drug-likeness (QED) is 0.352. The molecule has 1 aliphatic rings. The van der Waals surface area contributed by atoms with Gasteiger partial charge in [0.1, 0.15) is 23.1 Å². The van der Waals surface area contributed by atoms with Gasteiger partial charge in [0, 0.05) is 5.56 Å². The van der Waals surface area contributed by atoms with Crippen LogP contribution in [0.15, 0.2) is 77.4 Å². The van der Waals surface area contributed by atoms with Crippen LogP contribution in [0.3, 0.4) is 0 Å². The van der Waals surface area contributed by atoms with Crippen LogP contribution in [0.5, 0.6) is 5.75 Å². The van der Waals surface area contributed by atoms with Crippen LogP contribution < -0.4 is 9.64 Å². The lowest BCUT2D eigenvalue weighted by molar-refractivity contribution is -0.113. The Morgan fingerprint density at radius 2 is 1.84 bits per heavy atom. The Morgan fingerprint density at radius 1 is 1.09 bits per heavy atom. The van der Waals surface area contributed by atoms with E-state index >= 15 is 0 Å². The minimum absolute atomic E-state index is 0.0147. The summed E-state index contributed by atoms with van der Waals surface area (Å²) in [5, 5.41) is 0.381. The Balaban J connectivity index is 1.61. The second kappa shape index (κ2) is 8.18. The van der Waals surface area contributed by atoms with E-state index in [9.17, 15) is 9.18 Å². The molecule has 0 saturated carbocycles.